The lowest BCUT2D eigenvalue weighted by Gasteiger charge is -2.19. The van der Waals surface area contributed by atoms with Crippen LogP contribution in [-0.4, -0.2) is 23.1 Å². The summed E-state index contributed by atoms with van der Waals surface area (Å²) in [6, 6.07) is 0.600. The molecule has 0 bridgehead atoms. The fourth-order valence-electron chi connectivity index (χ4n) is 2.59. The maximum atomic E-state index is 4.55. The lowest BCUT2D eigenvalue weighted by molar-refractivity contribution is 0.462. The number of nitrogens with one attached hydrogen (secondary N) is 1. The van der Waals surface area contributed by atoms with Crippen LogP contribution in [-0.2, 0) is 12.8 Å². The summed E-state index contributed by atoms with van der Waals surface area (Å²) in [5.74, 6) is 0. The molecular weight excluding hydrogens is 198 g/mol. The molecule has 0 amide bonds. The normalized spacial score (nSPS) is 17.1. The van der Waals surface area contributed by atoms with Crippen molar-refractivity contribution in [3.05, 3.63) is 17.7 Å². The lowest BCUT2D eigenvalue weighted by Crippen LogP contribution is -2.14. The van der Waals surface area contributed by atoms with E-state index in [4.69, 9.17) is 0 Å². The molecule has 0 saturated carbocycles. The number of hydrogen-bond acceptors (Lipinski definition) is 2. The van der Waals surface area contributed by atoms with Gasteiger partial charge in [0.2, 0.25) is 0 Å². The third-order valence-electron chi connectivity index (χ3n) is 3.58. The second-order valence-corrected chi connectivity index (χ2v) is 4.85. The van der Waals surface area contributed by atoms with Gasteiger partial charge in [-0.15, -0.1) is 0 Å². The number of fused-ring (bicyclic) bond motifs is 1. The largest absolute Gasteiger partial charge is 0.332 e. The van der Waals surface area contributed by atoms with E-state index < -0.39 is 0 Å². The number of nitrogens with zero attached hydrogens (tertiary/aromatic N) is 2. The molecule has 1 aliphatic rings. The van der Waals surface area contributed by atoms with E-state index in [2.05, 4.69) is 28.1 Å². The lowest BCUT2D eigenvalue weighted by atomic mass is 10.0. The summed E-state index contributed by atoms with van der Waals surface area (Å²) in [4.78, 5) is 4.55. The van der Waals surface area contributed by atoms with Gasteiger partial charge >= 0.3 is 0 Å². The van der Waals surface area contributed by atoms with Gasteiger partial charge in [0.1, 0.15) is 0 Å². The van der Waals surface area contributed by atoms with Gasteiger partial charge in [0, 0.05) is 11.7 Å². The maximum absolute atomic E-state index is 4.55. The first-order valence-corrected chi connectivity index (χ1v) is 6.52. The highest BCUT2D eigenvalue weighted by atomic mass is 15.1. The molecule has 1 aromatic rings. The summed E-state index contributed by atoms with van der Waals surface area (Å²) in [6.07, 6.45) is 9.60. The molecule has 1 unspecified atom stereocenters. The average molecular weight is 221 g/mol. The zero-order chi connectivity index (χ0) is 11.4. The molecule has 0 fully saturated rings. The molecule has 0 aliphatic heterocycles. The second kappa shape index (κ2) is 5.48. The van der Waals surface area contributed by atoms with Crippen molar-refractivity contribution in [3.63, 3.8) is 0 Å². The smallest absolute Gasteiger partial charge is 0.0954 e. The maximum Gasteiger partial charge on any atom is 0.0954 e. The molecule has 0 radical (unpaired) electrons. The minimum atomic E-state index is 0.600. The Morgan fingerprint density at radius 2 is 2.25 bits per heavy atom. The van der Waals surface area contributed by atoms with Crippen molar-refractivity contribution in [2.75, 3.05) is 13.6 Å². The summed E-state index contributed by atoms with van der Waals surface area (Å²) < 4.78 is 2.41. The highest BCUT2D eigenvalue weighted by molar-refractivity contribution is 5.17. The highest BCUT2D eigenvalue weighted by Gasteiger charge is 2.17. The molecule has 1 atom stereocenters. The van der Waals surface area contributed by atoms with Crippen LogP contribution in [0.1, 0.15) is 50.0 Å². The average Bonchev–Trinajstić information content (AvgIpc) is 2.73. The molecule has 3 heteroatoms. The van der Waals surface area contributed by atoms with E-state index in [1.165, 1.54) is 49.9 Å². The van der Waals surface area contributed by atoms with E-state index >= 15 is 0 Å². The fourth-order valence-corrected chi connectivity index (χ4v) is 2.59. The molecule has 0 spiro atoms. The fraction of sp³-hybridized carbons (Fsp3) is 0.769. The van der Waals surface area contributed by atoms with Gasteiger partial charge in [0.05, 0.1) is 12.0 Å². The first-order valence-electron chi connectivity index (χ1n) is 6.52. The van der Waals surface area contributed by atoms with E-state index in [1.54, 1.807) is 0 Å². The van der Waals surface area contributed by atoms with Crippen molar-refractivity contribution < 1.29 is 0 Å². The van der Waals surface area contributed by atoms with Crippen molar-refractivity contribution >= 4 is 0 Å². The van der Waals surface area contributed by atoms with E-state index in [1.807, 2.05) is 7.05 Å². The molecule has 0 saturated heterocycles. The van der Waals surface area contributed by atoms with E-state index in [-0.39, 0.29) is 0 Å². The van der Waals surface area contributed by atoms with Crippen LogP contribution in [0.3, 0.4) is 0 Å². The number of aryl methyl sites for hydroxylation is 1. The second-order valence-electron chi connectivity index (χ2n) is 4.85. The van der Waals surface area contributed by atoms with Crippen LogP contribution in [0.4, 0.5) is 0 Å². The van der Waals surface area contributed by atoms with Crippen LogP contribution in [0.15, 0.2) is 6.33 Å². The van der Waals surface area contributed by atoms with Crippen molar-refractivity contribution in [1.29, 1.82) is 0 Å². The van der Waals surface area contributed by atoms with Crippen molar-refractivity contribution in [3.8, 4) is 0 Å². The highest BCUT2D eigenvalue weighted by Crippen LogP contribution is 2.24. The SMILES string of the molecule is CNCCCC(C)n1cnc2c1CCCC2. The van der Waals surface area contributed by atoms with Crippen LogP contribution >= 0.6 is 0 Å². The zero-order valence-electron chi connectivity index (χ0n) is 10.5. The predicted molar refractivity (Wildman–Crippen MR) is 66.7 cm³/mol. The third kappa shape index (κ3) is 2.46. The Balaban J connectivity index is 1.99. The Kier molecular flexibility index (Phi) is 3.99. The summed E-state index contributed by atoms with van der Waals surface area (Å²) in [6.45, 7) is 3.42. The summed E-state index contributed by atoms with van der Waals surface area (Å²) in [5.41, 5.74) is 2.86. The van der Waals surface area contributed by atoms with E-state index in [0.717, 1.165) is 6.54 Å². The van der Waals surface area contributed by atoms with Gasteiger partial charge in [-0.1, -0.05) is 0 Å². The molecule has 1 N–H and O–H groups in total. The van der Waals surface area contributed by atoms with Crippen LogP contribution < -0.4 is 5.32 Å². The minimum absolute atomic E-state index is 0.600. The molecule has 16 heavy (non-hydrogen) atoms. The molecular formula is C13H23N3. The van der Waals surface area contributed by atoms with Crippen molar-refractivity contribution in [2.24, 2.45) is 0 Å². The number of hydrogen-bond donors (Lipinski definition) is 1. The Bertz CT molecular complexity index is 330. The monoisotopic (exact) mass is 221 g/mol. The third-order valence-corrected chi connectivity index (χ3v) is 3.58. The summed E-state index contributed by atoms with van der Waals surface area (Å²) in [7, 11) is 2.02. The first-order chi connectivity index (χ1) is 7.83. The summed E-state index contributed by atoms with van der Waals surface area (Å²) >= 11 is 0. The van der Waals surface area contributed by atoms with Gasteiger partial charge in [-0.05, 0) is 59.0 Å². The van der Waals surface area contributed by atoms with Gasteiger partial charge in [-0.25, -0.2) is 4.98 Å². The quantitative estimate of drug-likeness (QED) is 0.773. The molecule has 0 aromatic carbocycles. The first kappa shape index (κ1) is 11.6. The van der Waals surface area contributed by atoms with Crippen LogP contribution in [0.2, 0.25) is 0 Å². The van der Waals surface area contributed by atoms with E-state index in [9.17, 15) is 0 Å². The number of rotatable bonds is 5. The van der Waals surface area contributed by atoms with Crippen molar-refractivity contribution in [2.45, 2.75) is 51.5 Å². The Labute approximate surface area is 98.3 Å². The topological polar surface area (TPSA) is 29.9 Å². The Morgan fingerprint density at radius 1 is 1.44 bits per heavy atom. The van der Waals surface area contributed by atoms with Gasteiger partial charge in [0.25, 0.3) is 0 Å². The van der Waals surface area contributed by atoms with Crippen molar-refractivity contribution in [1.82, 2.24) is 14.9 Å². The van der Waals surface area contributed by atoms with Crippen LogP contribution in [0, 0.1) is 0 Å². The van der Waals surface area contributed by atoms with Gasteiger partial charge in [-0.3, -0.25) is 0 Å². The van der Waals surface area contributed by atoms with Gasteiger partial charge in [-0.2, -0.15) is 0 Å². The van der Waals surface area contributed by atoms with Gasteiger partial charge in [0.15, 0.2) is 0 Å². The Hall–Kier alpha value is -0.830. The van der Waals surface area contributed by atoms with Crippen LogP contribution in [0.5, 0.6) is 0 Å². The molecule has 1 aliphatic carbocycles. The zero-order valence-corrected chi connectivity index (χ0v) is 10.5. The number of aromatic nitrogens is 2. The minimum Gasteiger partial charge on any atom is -0.332 e. The molecule has 1 heterocycles. The molecule has 1 aromatic heterocycles. The predicted octanol–water partition coefficient (Wildman–Crippen LogP) is 2.32. The standard InChI is InChI=1S/C13H23N3/c1-11(6-5-9-14-2)16-10-15-12-7-3-4-8-13(12)16/h10-11,14H,3-9H2,1-2H3. The van der Waals surface area contributed by atoms with E-state index in [0.29, 0.717) is 6.04 Å². The number of imidazole rings is 1. The molecule has 3 nitrogen and oxygen atoms in total. The molecule has 90 valence electrons. The molecule has 2 rings (SSSR count). The Morgan fingerprint density at radius 3 is 3.06 bits per heavy atom. The van der Waals surface area contributed by atoms with Crippen LogP contribution in [0.25, 0.3) is 0 Å². The summed E-state index contributed by atoms with van der Waals surface area (Å²) in [5, 5.41) is 3.21. The van der Waals surface area contributed by atoms with Gasteiger partial charge < -0.3 is 9.88 Å².